The molecule has 194 valence electrons. The number of aliphatic hydroxyl groups excluding tert-OH is 1. The third-order valence-electron chi connectivity index (χ3n) is 7.12. The number of rotatable bonds is 9. The van der Waals surface area contributed by atoms with E-state index in [4.69, 9.17) is 9.47 Å². The second-order valence-electron chi connectivity index (χ2n) is 9.57. The first kappa shape index (κ1) is 25.3. The van der Waals surface area contributed by atoms with Crippen LogP contribution in [0.3, 0.4) is 0 Å². The fourth-order valence-electron chi connectivity index (χ4n) is 4.58. The van der Waals surface area contributed by atoms with E-state index < -0.39 is 21.5 Å². The van der Waals surface area contributed by atoms with Gasteiger partial charge in [0.2, 0.25) is 22.7 Å². The van der Waals surface area contributed by atoms with E-state index in [1.54, 1.807) is 31.2 Å². The lowest BCUT2D eigenvalue weighted by Gasteiger charge is -2.18. The molecule has 1 atom stereocenters. The Morgan fingerprint density at radius 2 is 1.76 bits per heavy atom. The number of ether oxygens (including phenoxy) is 2. The van der Waals surface area contributed by atoms with Crippen molar-refractivity contribution in [3.8, 4) is 22.6 Å². The van der Waals surface area contributed by atoms with Crippen LogP contribution in [0.15, 0.2) is 65.6 Å². The van der Waals surface area contributed by atoms with Gasteiger partial charge in [-0.25, -0.2) is 13.1 Å². The largest absolute Gasteiger partial charge is 0.454 e. The molecule has 0 saturated heterocycles. The van der Waals surface area contributed by atoms with Gasteiger partial charge in [-0.1, -0.05) is 31.2 Å². The zero-order valence-electron chi connectivity index (χ0n) is 20.8. The molecule has 8 nitrogen and oxygen atoms in total. The molecule has 0 radical (unpaired) electrons. The number of carbonyl (C=O) groups excluding carboxylic acids is 1. The van der Waals surface area contributed by atoms with Gasteiger partial charge in [-0.15, -0.1) is 0 Å². The number of hydrogen-bond donors (Lipinski definition) is 3. The zero-order valence-corrected chi connectivity index (χ0v) is 21.6. The van der Waals surface area contributed by atoms with Crippen LogP contribution in [0.1, 0.15) is 37.3 Å². The fourth-order valence-corrected chi connectivity index (χ4v) is 5.89. The molecule has 1 aliphatic heterocycles. The van der Waals surface area contributed by atoms with E-state index in [0.29, 0.717) is 23.6 Å². The minimum Gasteiger partial charge on any atom is -0.454 e. The van der Waals surface area contributed by atoms with Crippen LogP contribution < -0.4 is 19.5 Å². The van der Waals surface area contributed by atoms with Crippen molar-refractivity contribution in [1.29, 1.82) is 0 Å². The predicted molar refractivity (Wildman–Crippen MR) is 140 cm³/mol. The number of benzene rings is 3. The van der Waals surface area contributed by atoms with Crippen molar-refractivity contribution in [3.05, 3.63) is 71.8 Å². The van der Waals surface area contributed by atoms with Crippen LogP contribution in [-0.2, 0) is 20.2 Å². The molecule has 2 aliphatic rings. The van der Waals surface area contributed by atoms with Gasteiger partial charge in [-0.3, -0.25) is 4.79 Å². The van der Waals surface area contributed by atoms with Crippen LogP contribution in [0.2, 0.25) is 0 Å². The van der Waals surface area contributed by atoms with Gasteiger partial charge in [0.15, 0.2) is 11.5 Å². The summed E-state index contributed by atoms with van der Waals surface area (Å²) in [6, 6.07) is 17.4. The quantitative estimate of drug-likeness (QED) is 0.390. The summed E-state index contributed by atoms with van der Waals surface area (Å²) in [6.45, 7) is 3.70. The van der Waals surface area contributed by atoms with Gasteiger partial charge in [0, 0.05) is 11.7 Å². The third-order valence-corrected chi connectivity index (χ3v) is 8.65. The van der Waals surface area contributed by atoms with Gasteiger partial charge < -0.3 is 19.9 Å². The van der Waals surface area contributed by atoms with Crippen LogP contribution in [-0.4, -0.2) is 38.9 Å². The van der Waals surface area contributed by atoms with E-state index in [2.05, 4.69) is 10.0 Å². The number of nitrogens with one attached hydrogen (secondary N) is 2. The summed E-state index contributed by atoms with van der Waals surface area (Å²) in [4.78, 5) is 13.5. The molecule has 0 unspecified atom stereocenters. The summed E-state index contributed by atoms with van der Waals surface area (Å²) in [6.07, 6.45) is 2.01. The summed E-state index contributed by atoms with van der Waals surface area (Å²) in [5, 5.41) is 12.4. The molecular weight excluding hydrogens is 492 g/mol. The molecule has 3 aromatic rings. The first-order valence-electron chi connectivity index (χ1n) is 12.3. The lowest BCUT2D eigenvalue weighted by Crippen LogP contribution is -2.36. The smallest absolute Gasteiger partial charge is 0.240 e. The van der Waals surface area contributed by atoms with E-state index in [-0.39, 0.29) is 24.2 Å². The summed E-state index contributed by atoms with van der Waals surface area (Å²) in [5.41, 5.74) is 3.72. The van der Waals surface area contributed by atoms with Crippen LogP contribution in [0.4, 0.5) is 5.69 Å². The number of sulfonamides is 1. The Balaban J connectivity index is 1.34. The summed E-state index contributed by atoms with van der Waals surface area (Å²) >= 11 is 0. The molecule has 37 heavy (non-hydrogen) atoms. The minimum atomic E-state index is -3.74. The maximum atomic E-state index is 13.3. The van der Waals surface area contributed by atoms with Crippen molar-refractivity contribution in [2.75, 3.05) is 18.7 Å². The highest BCUT2D eigenvalue weighted by atomic mass is 32.2. The molecular formula is C28H30N2O6S. The van der Waals surface area contributed by atoms with Crippen LogP contribution in [0.5, 0.6) is 11.5 Å². The Bertz CT molecular complexity index is 1430. The van der Waals surface area contributed by atoms with Crippen molar-refractivity contribution in [3.63, 3.8) is 0 Å². The van der Waals surface area contributed by atoms with Gasteiger partial charge in [-0.05, 0) is 84.8 Å². The van der Waals surface area contributed by atoms with E-state index in [1.165, 1.54) is 0 Å². The maximum absolute atomic E-state index is 13.3. The molecule has 1 heterocycles. The van der Waals surface area contributed by atoms with Crippen molar-refractivity contribution in [1.82, 2.24) is 4.72 Å². The van der Waals surface area contributed by atoms with E-state index in [0.717, 1.165) is 35.1 Å². The zero-order chi connectivity index (χ0) is 26.2. The highest BCUT2D eigenvalue weighted by Crippen LogP contribution is 2.51. The molecule has 1 aliphatic carbocycles. The normalized spacial score (nSPS) is 16.3. The molecule has 3 aromatic carbocycles. The first-order chi connectivity index (χ1) is 17.8. The molecule has 1 amide bonds. The van der Waals surface area contributed by atoms with Crippen LogP contribution in [0.25, 0.3) is 11.1 Å². The Hall–Kier alpha value is -3.40. The first-order valence-corrected chi connectivity index (χ1v) is 13.8. The average Bonchev–Trinajstić information content (AvgIpc) is 3.59. The number of carbonyl (C=O) groups is 1. The standard InChI is InChI=1S/C28H30N2O6S/c1-3-21(16-31)30-37(33,34)23-9-5-19(6-10-23)24-15-22(8-4-18(24)2)29-27(32)28(12-13-28)20-7-11-25-26(14-20)36-17-35-25/h4-11,14-15,21,30-31H,3,12-13,16-17H2,1-2H3,(H,29,32)/t21-/m1/s1. The summed E-state index contributed by atoms with van der Waals surface area (Å²) < 4.78 is 38.7. The Kier molecular flexibility index (Phi) is 6.70. The molecule has 1 saturated carbocycles. The minimum absolute atomic E-state index is 0.0666. The van der Waals surface area contributed by atoms with Crippen molar-refractivity contribution in [2.45, 2.75) is 49.5 Å². The Morgan fingerprint density at radius 1 is 1.03 bits per heavy atom. The lowest BCUT2D eigenvalue weighted by atomic mass is 9.94. The van der Waals surface area contributed by atoms with Gasteiger partial charge in [0.1, 0.15) is 0 Å². The van der Waals surface area contributed by atoms with Crippen LogP contribution >= 0.6 is 0 Å². The molecule has 1 fully saturated rings. The summed E-state index contributed by atoms with van der Waals surface area (Å²) in [7, 11) is -3.74. The Labute approximate surface area is 216 Å². The average molecular weight is 523 g/mol. The van der Waals surface area contributed by atoms with Crippen molar-refractivity contribution < 1.29 is 27.8 Å². The molecule has 5 rings (SSSR count). The van der Waals surface area contributed by atoms with Gasteiger partial charge in [0.05, 0.1) is 16.9 Å². The van der Waals surface area contributed by atoms with Crippen LogP contribution in [0, 0.1) is 6.92 Å². The van der Waals surface area contributed by atoms with E-state index in [1.807, 2.05) is 43.3 Å². The SMILES string of the molecule is CC[C@H](CO)NS(=O)(=O)c1ccc(-c2cc(NC(=O)C3(c4ccc5c(c4)OCO5)CC3)ccc2C)cc1. The number of anilines is 1. The van der Waals surface area contributed by atoms with Crippen molar-refractivity contribution >= 4 is 21.6 Å². The second kappa shape index (κ2) is 9.81. The monoisotopic (exact) mass is 522 g/mol. The number of aliphatic hydroxyl groups is 1. The number of fused-ring (bicyclic) bond motifs is 1. The Morgan fingerprint density at radius 3 is 2.43 bits per heavy atom. The van der Waals surface area contributed by atoms with Crippen molar-refractivity contribution in [2.24, 2.45) is 0 Å². The topological polar surface area (TPSA) is 114 Å². The maximum Gasteiger partial charge on any atom is 0.240 e. The predicted octanol–water partition coefficient (Wildman–Crippen LogP) is 4.11. The number of hydrogen-bond acceptors (Lipinski definition) is 6. The third kappa shape index (κ3) is 4.94. The van der Waals surface area contributed by atoms with Gasteiger partial charge in [-0.2, -0.15) is 0 Å². The van der Waals surface area contributed by atoms with E-state index >= 15 is 0 Å². The van der Waals surface area contributed by atoms with E-state index in [9.17, 15) is 18.3 Å². The van der Waals surface area contributed by atoms with Gasteiger partial charge in [0.25, 0.3) is 0 Å². The lowest BCUT2D eigenvalue weighted by molar-refractivity contribution is -0.118. The molecule has 3 N–H and O–H groups in total. The molecule has 0 bridgehead atoms. The summed E-state index contributed by atoms with van der Waals surface area (Å²) in [5.74, 6) is 1.29. The molecule has 0 aromatic heterocycles. The highest BCUT2D eigenvalue weighted by Gasteiger charge is 2.51. The number of aryl methyl sites for hydroxylation is 1. The fraction of sp³-hybridized carbons (Fsp3) is 0.321. The molecule has 0 spiro atoms. The molecule has 9 heteroatoms. The second-order valence-corrected chi connectivity index (χ2v) is 11.3. The van der Waals surface area contributed by atoms with Gasteiger partial charge >= 0.3 is 0 Å². The number of amides is 1. The highest BCUT2D eigenvalue weighted by molar-refractivity contribution is 7.89.